The highest BCUT2D eigenvalue weighted by atomic mass is 16.4. The van der Waals surface area contributed by atoms with E-state index >= 15 is 0 Å². The van der Waals surface area contributed by atoms with E-state index in [2.05, 4.69) is 5.32 Å². The zero-order chi connectivity index (χ0) is 13.4. The van der Waals surface area contributed by atoms with Crippen molar-refractivity contribution in [2.24, 2.45) is 5.92 Å². The lowest BCUT2D eigenvalue weighted by Crippen LogP contribution is -2.42. The summed E-state index contributed by atoms with van der Waals surface area (Å²) in [6, 6.07) is 6.64. The number of pyridine rings is 1. The molecule has 0 aromatic carbocycles. The Kier molecular flexibility index (Phi) is 2.74. The van der Waals surface area contributed by atoms with Gasteiger partial charge in [0.05, 0.1) is 5.56 Å². The highest BCUT2D eigenvalue weighted by molar-refractivity contribution is 5.97. The van der Waals surface area contributed by atoms with Crippen molar-refractivity contribution in [3.8, 4) is 0 Å². The Morgan fingerprint density at radius 3 is 2.79 bits per heavy atom. The quantitative estimate of drug-likeness (QED) is 0.873. The average molecular weight is 258 g/mol. The Morgan fingerprint density at radius 2 is 2.16 bits per heavy atom. The highest BCUT2D eigenvalue weighted by Gasteiger charge is 2.37. The van der Waals surface area contributed by atoms with Crippen molar-refractivity contribution in [3.05, 3.63) is 42.2 Å². The lowest BCUT2D eigenvalue weighted by molar-refractivity contribution is -0.139. The molecule has 2 aromatic heterocycles. The molecule has 3 rings (SSSR count). The lowest BCUT2D eigenvalue weighted by Gasteiger charge is -2.12. The summed E-state index contributed by atoms with van der Waals surface area (Å²) in [7, 11) is 0. The predicted molar refractivity (Wildman–Crippen MR) is 69.0 cm³/mol. The number of hydrogen-bond acceptors (Lipinski definition) is 2. The number of carboxylic acids is 1. The largest absolute Gasteiger partial charge is 0.480 e. The minimum atomic E-state index is -0.959. The van der Waals surface area contributed by atoms with Crippen LogP contribution in [-0.4, -0.2) is 27.4 Å². The van der Waals surface area contributed by atoms with Crippen LogP contribution in [0.15, 0.2) is 36.7 Å². The number of amides is 1. The van der Waals surface area contributed by atoms with Crippen molar-refractivity contribution in [3.63, 3.8) is 0 Å². The van der Waals surface area contributed by atoms with E-state index in [1.54, 1.807) is 12.3 Å². The van der Waals surface area contributed by atoms with Crippen LogP contribution in [0.2, 0.25) is 0 Å². The molecule has 2 heterocycles. The van der Waals surface area contributed by atoms with Gasteiger partial charge in [0.15, 0.2) is 0 Å². The van der Waals surface area contributed by atoms with Gasteiger partial charge in [0.25, 0.3) is 5.91 Å². The summed E-state index contributed by atoms with van der Waals surface area (Å²) in [5.41, 5.74) is 1.39. The summed E-state index contributed by atoms with van der Waals surface area (Å²) in [4.78, 5) is 23.2. The minimum Gasteiger partial charge on any atom is -0.480 e. The van der Waals surface area contributed by atoms with E-state index in [1.807, 2.05) is 28.8 Å². The number of rotatable bonds is 4. The molecule has 2 N–H and O–H groups in total. The summed E-state index contributed by atoms with van der Waals surface area (Å²) in [5.74, 6) is -1.21. The number of nitrogens with zero attached hydrogens (tertiary/aromatic N) is 1. The Hall–Kier alpha value is -2.30. The molecule has 0 radical (unpaired) electrons. The molecule has 5 heteroatoms. The molecule has 1 amide bonds. The molecule has 98 valence electrons. The minimum absolute atomic E-state index is 0.0819. The zero-order valence-electron chi connectivity index (χ0n) is 10.2. The first-order valence-corrected chi connectivity index (χ1v) is 6.25. The molecule has 19 heavy (non-hydrogen) atoms. The third kappa shape index (κ3) is 2.31. The fourth-order valence-electron chi connectivity index (χ4n) is 2.21. The molecule has 2 aromatic rings. The van der Waals surface area contributed by atoms with Crippen LogP contribution in [0.25, 0.3) is 5.52 Å². The molecular weight excluding hydrogens is 244 g/mol. The van der Waals surface area contributed by atoms with Crippen LogP contribution in [0.1, 0.15) is 23.2 Å². The number of carboxylic acid groups (broad SMARTS) is 1. The van der Waals surface area contributed by atoms with Crippen molar-refractivity contribution in [1.82, 2.24) is 9.72 Å². The summed E-state index contributed by atoms with van der Waals surface area (Å²) in [6.07, 6.45) is 5.29. The molecule has 1 atom stereocenters. The van der Waals surface area contributed by atoms with Gasteiger partial charge in [-0.3, -0.25) is 4.79 Å². The van der Waals surface area contributed by atoms with Gasteiger partial charge in [-0.1, -0.05) is 6.07 Å². The Bertz CT molecular complexity index is 610. The molecule has 0 aliphatic heterocycles. The van der Waals surface area contributed by atoms with Gasteiger partial charge in [0.2, 0.25) is 0 Å². The highest BCUT2D eigenvalue weighted by Crippen LogP contribution is 2.32. The van der Waals surface area contributed by atoms with E-state index in [9.17, 15) is 9.59 Å². The fraction of sp³-hybridized carbons (Fsp3) is 0.286. The molecule has 0 spiro atoms. The Balaban J connectivity index is 1.81. The number of aliphatic carboxylic acids is 1. The number of fused-ring (bicyclic) bond motifs is 1. The van der Waals surface area contributed by atoms with Crippen LogP contribution in [0.3, 0.4) is 0 Å². The first-order chi connectivity index (χ1) is 9.15. The number of carbonyl (C=O) groups is 2. The first-order valence-electron chi connectivity index (χ1n) is 6.25. The second kappa shape index (κ2) is 4.42. The van der Waals surface area contributed by atoms with Crippen LogP contribution in [0, 0.1) is 5.92 Å². The number of nitrogens with one attached hydrogen (secondary N) is 1. The Labute approximate surface area is 109 Å². The van der Waals surface area contributed by atoms with Gasteiger partial charge in [-0.05, 0) is 37.0 Å². The van der Waals surface area contributed by atoms with Crippen LogP contribution in [-0.2, 0) is 4.79 Å². The predicted octanol–water partition coefficient (Wildman–Crippen LogP) is 1.53. The van der Waals surface area contributed by atoms with Crippen molar-refractivity contribution >= 4 is 17.4 Å². The van der Waals surface area contributed by atoms with E-state index < -0.39 is 12.0 Å². The molecule has 1 saturated carbocycles. The number of aromatic nitrogens is 1. The average Bonchev–Trinajstić information content (AvgIpc) is 3.12. The summed E-state index contributed by atoms with van der Waals surface area (Å²) >= 11 is 0. The summed E-state index contributed by atoms with van der Waals surface area (Å²) in [6.45, 7) is 0. The van der Waals surface area contributed by atoms with Gasteiger partial charge in [0.1, 0.15) is 6.04 Å². The smallest absolute Gasteiger partial charge is 0.326 e. The molecule has 1 unspecified atom stereocenters. The maximum absolute atomic E-state index is 12.1. The van der Waals surface area contributed by atoms with Gasteiger partial charge in [0, 0.05) is 17.9 Å². The normalized spacial score (nSPS) is 16.2. The second-order valence-electron chi connectivity index (χ2n) is 4.89. The molecule has 1 aliphatic rings. The van der Waals surface area contributed by atoms with Crippen LogP contribution >= 0.6 is 0 Å². The Morgan fingerprint density at radius 1 is 1.37 bits per heavy atom. The van der Waals surface area contributed by atoms with Crippen molar-refractivity contribution in [2.75, 3.05) is 0 Å². The maximum atomic E-state index is 12.1. The first kappa shape index (κ1) is 11.8. The molecule has 0 bridgehead atoms. The zero-order valence-corrected chi connectivity index (χ0v) is 10.2. The number of hydrogen-bond donors (Lipinski definition) is 2. The van der Waals surface area contributed by atoms with E-state index in [0.717, 1.165) is 18.4 Å². The molecule has 5 nitrogen and oxygen atoms in total. The lowest BCUT2D eigenvalue weighted by atomic mass is 10.1. The monoisotopic (exact) mass is 258 g/mol. The van der Waals surface area contributed by atoms with Gasteiger partial charge in [-0.15, -0.1) is 0 Å². The second-order valence-corrected chi connectivity index (χ2v) is 4.89. The molecular formula is C14H14N2O3. The van der Waals surface area contributed by atoms with Crippen molar-refractivity contribution in [2.45, 2.75) is 18.9 Å². The fourth-order valence-corrected chi connectivity index (χ4v) is 2.21. The van der Waals surface area contributed by atoms with Gasteiger partial charge >= 0.3 is 5.97 Å². The number of carbonyl (C=O) groups excluding carboxylic acids is 1. The SMILES string of the molecule is O=C(NC(C(=O)O)C1CC1)c1cc2ccccn2c1. The van der Waals surface area contributed by atoms with E-state index in [-0.39, 0.29) is 11.8 Å². The van der Waals surface area contributed by atoms with Crippen molar-refractivity contribution < 1.29 is 14.7 Å². The van der Waals surface area contributed by atoms with Gasteiger partial charge in [-0.25, -0.2) is 4.79 Å². The van der Waals surface area contributed by atoms with Crippen LogP contribution < -0.4 is 5.32 Å². The van der Waals surface area contributed by atoms with Crippen LogP contribution in [0.5, 0.6) is 0 Å². The summed E-state index contributed by atoms with van der Waals surface area (Å²) < 4.78 is 1.84. The third-order valence-corrected chi connectivity index (χ3v) is 3.41. The molecule has 1 fully saturated rings. The third-order valence-electron chi connectivity index (χ3n) is 3.41. The summed E-state index contributed by atoms with van der Waals surface area (Å²) in [5, 5.41) is 11.7. The molecule has 0 saturated heterocycles. The van der Waals surface area contributed by atoms with Crippen molar-refractivity contribution in [1.29, 1.82) is 0 Å². The topological polar surface area (TPSA) is 70.8 Å². The molecule has 1 aliphatic carbocycles. The standard InChI is InChI=1S/C14H14N2O3/c17-13(15-12(14(18)19)9-4-5-9)10-7-11-3-1-2-6-16(11)8-10/h1-3,6-9,12H,4-5H2,(H,15,17)(H,18,19). The van der Waals surface area contributed by atoms with Crippen LogP contribution in [0.4, 0.5) is 0 Å². The maximum Gasteiger partial charge on any atom is 0.326 e. The van der Waals surface area contributed by atoms with E-state index in [4.69, 9.17) is 5.11 Å². The van der Waals surface area contributed by atoms with E-state index in [1.165, 1.54) is 0 Å². The van der Waals surface area contributed by atoms with E-state index in [0.29, 0.717) is 5.56 Å². The van der Waals surface area contributed by atoms with Gasteiger partial charge in [-0.2, -0.15) is 0 Å². The van der Waals surface area contributed by atoms with Gasteiger partial charge < -0.3 is 14.8 Å².